The third-order valence-corrected chi connectivity index (χ3v) is 4.11. The van der Waals surface area contributed by atoms with Crippen LogP contribution in [-0.2, 0) is 5.41 Å². The summed E-state index contributed by atoms with van der Waals surface area (Å²) in [7, 11) is 0. The van der Waals surface area contributed by atoms with Crippen LogP contribution in [0.25, 0.3) is 0 Å². The molecule has 0 amide bonds. The predicted molar refractivity (Wildman–Crippen MR) is 75.2 cm³/mol. The summed E-state index contributed by atoms with van der Waals surface area (Å²) in [5.41, 5.74) is 1.77. The summed E-state index contributed by atoms with van der Waals surface area (Å²) < 4.78 is 2.70. The van der Waals surface area contributed by atoms with Gasteiger partial charge < -0.3 is 0 Å². The Labute approximate surface area is 108 Å². The second-order valence-electron chi connectivity index (χ2n) is 3.86. The molecule has 2 heteroatoms. The van der Waals surface area contributed by atoms with E-state index in [1.54, 1.807) is 0 Å². The molecule has 0 N–H and O–H groups in total. The maximum absolute atomic E-state index is 2.43. The van der Waals surface area contributed by atoms with Crippen LogP contribution in [0, 0.1) is 7.14 Å². The largest absolute Gasteiger partial charge is 0.0646 e. The average Bonchev–Trinajstić information content (AvgIpc) is 2.03. The SMILES string of the molecule is CCC(C)(C)c1ccc(I)cc1I. The highest BCUT2D eigenvalue weighted by atomic mass is 127. The second-order valence-corrected chi connectivity index (χ2v) is 6.27. The molecule has 0 atom stereocenters. The first-order valence-electron chi connectivity index (χ1n) is 4.43. The summed E-state index contributed by atoms with van der Waals surface area (Å²) in [4.78, 5) is 0. The molecule has 13 heavy (non-hydrogen) atoms. The van der Waals surface area contributed by atoms with E-state index in [9.17, 15) is 0 Å². The highest BCUT2D eigenvalue weighted by molar-refractivity contribution is 14.1. The maximum Gasteiger partial charge on any atom is 0.0178 e. The van der Waals surface area contributed by atoms with Crippen molar-refractivity contribution in [1.82, 2.24) is 0 Å². The van der Waals surface area contributed by atoms with E-state index in [4.69, 9.17) is 0 Å². The van der Waals surface area contributed by atoms with Crippen molar-refractivity contribution in [2.24, 2.45) is 0 Å². The van der Waals surface area contributed by atoms with Gasteiger partial charge in [0.2, 0.25) is 0 Å². The summed E-state index contributed by atoms with van der Waals surface area (Å²) >= 11 is 4.79. The van der Waals surface area contributed by atoms with Crippen molar-refractivity contribution in [1.29, 1.82) is 0 Å². The van der Waals surface area contributed by atoms with E-state index in [1.165, 1.54) is 19.1 Å². The van der Waals surface area contributed by atoms with Crippen molar-refractivity contribution >= 4 is 45.2 Å². The highest BCUT2D eigenvalue weighted by Gasteiger charge is 2.20. The Morgan fingerprint density at radius 2 is 1.85 bits per heavy atom. The molecular formula is C11H14I2. The van der Waals surface area contributed by atoms with Gasteiger partial charge in [-0.25, -0.2) is 0 Å². The highest BCUT2D eigenvalue weighted by Crippen LogP contribution is 2.31. The van der Waals surface area contributed by atoms with E-state index >= 15 is 0 Å². The van der Waals surface area contributed by atoms with Gasteiger partial charge in [0.25, 0.3) is 0 Å². The fourth-order valence-electron chi connectivity index (χ4n) is 1.23. The van der Waals surface area contributed by atoms with Crippen LogP contribution in [0.3, 0.4) is 0 Å². The van der Waals surface area contributed by atoms with Gasteiger partial charge >= 0.3 is 0 Å². The van der Waals surface area contributed by atoms with E-state index < -0.39 is 0 Å². The molecule has 0 aliphatic heterocycles. The van der Waals surface area contributed by atoms with Gasteiger partial charge in [0.15, 0.2) is 0 Å². The van der Waals surface area contributed by atoms with Crippen molar-refractivity contribution in [3.8, 4) is 0 Å². The zero-order valence-electron chi connectivity index (χ0n) is 8.20. The van der Waals surface area contributed by atoms with Gasteiger partial charge in [0, 0.05) is 7.14 Å². The Kier molecular flexibility index (Phi) is 4.04. The quantitative estimate of drug-likeness (QED) is 0.638. The normalized spacial score (nSPS) is 11.8. The van der Waals surface area contributed by atoms with Crippen LogP contribution in [0.15, 0.2) is 18.2 Å². The van der Waals surface area contributed by atoms with Gasteiger partial charge in [-0.1, -0.05) is 26.8 Å². The first kappa shape index (κ1) is 11.8. The van der Waals surface area contributed by atoms with Crippen LogP contribution in [0.2, 0.25) is 0 Å². The lowest BCUT2D eigenvalue weighted by atomic mass is 9.82. The molecule has 0 saturated heterocycles. The second kappa shape index (κ2) is 4.47. The molecule has 72 valence electrons. The number of halogens is 2. The zero-order chi connectivity index (χ0) is 10.1. The number of benzene rings is 1. The van der Waals surface area contributed by atoms with Crippen LogP contribution in [-0.4, -0.2) is 0 Å². The molecule has 1 rings (SSSR count). The van der Waals surface area contributed by atoms with Crippen LogP contribution in [0.4, 0.5) is 0 Å². The average molecular weight is 400 g/mol. The summed E-state index contributed by atoms with van der Waals surface area (Å²) in [6, 6.07) is 6.69. The molecule has 0 radical (unpaired) electrons. The molecule has 0 nitrogen and oxygen atoms in total. The Morgan fingerprint density at radius 1 is 1.23 bits per heavy atom. The van der Waals surface area contributed by atoms with Gasteiger partial charge in [-0.05, 0) is 74.7 Å². The monoisotopic (exact) mass is 400 g/mol. The first-order valence-corrected chi connectivity index (χ1v) is 6.58. The summed E-state index contributed by atoms with van der Waals surface area (Å²) in [6.07, 6.45) is 1.18. The minimum absolute atomic E-state index is 0.306. The Balaban J connectivity index is 3.16. The molecular weight excluding hydrogens is 386 g/mol. The van der Waals surface area contributed by atoms with Crippen molar-refractivity contribution in [3.05, 3.63) is 30.9 Å². The molecule has 1 aromatic carbocycles. The van der Waals surface area contributed by atoms with E-state index in [-0.39, 0.29) is 0 Å². The van der Waals surface area contributed by atoms with Crippen molar-refractivity contribution in [2.45, 2.75) is 32.6 Å². The third-order valence-electron chi connectivity index (χ3n) is 2.54. The van der Waals surface area contributed by atoms with Gasteiger partial charge in [-0.2, -0.15) is 0 Å². The fraction of sp³-hybridized carbons (Fsp3) is 0.455. The molecule has 0 spiro atoms. The number of hydrogen-bond acceptors (Lipinski definition) is 0. The fourth-order valence-corrected chi connectivity index (χ4v) is 3.56. The van der Waals surface area contributed by atoms with Gasteiger partial charge in [0.1, 0.15) is 0 Å². The van der Waals surface area contributed by atoms with Crippen LogP contribution >= 0.6 is 45.2 Å². The van der Waals surface area contributed by atoms with Crippen molar-refractivity contribution < 1.29 is 0 Å². The van der Waals surface area contributed by atoms with Crippen LogP contribution < -0.4 is 0 Å². The van der Waals surface area contributed by atoms with E-state index in [0.717, 1.165) is 0 Å². The Bertz CT molecular complexity index is 303. The van der Waals surface area contributed by atoms with Crippen LogP contribution in [0.5, 0.6) is 0 Å². The minimum Gasteiger partial charge on any atom is -0.0646 e. The predicted octanol–water partition coefficient (Wildman–Crippen LogP) is 4.58. The number of hydrogen-bond donors (Lipinski definition) is 0. The third kappa shape index (κ3) is 2.81. The first-order chi connectivity index (χ1) is 5.97. The van der Waals surface area contributed by atoms with Crippen molar-refractivity contribution in [2.75, 3.05) is 0 Å². The molecule has 0 aliphatic rings. The molecule has 0 aromatic heterocycles. The maximum atomic E-state index is 2.43. The molecule has 0 unspecified atom stereocenters. The molecule has 0 heterocycles. The lowest BCUT2D eigenvalue weighted by molar-refractivity contribution is 0.503. The lowest BCUT2D eigenvalue weighted by Crippen LogP contribution is -2.17. The molecule has 1 aromatic rings. The molecule has 0 bridgehead atoms. The summed E-state index contributed by atoms with van der Waals surface area (Å²) in [6.45, 7) is 6.85. The topological polar surface area (TPSA) is 0 Å². The van der Waals surface area contributed by atoms with E-state index in [2.05, 4.69) is 84.2 Å². The Morgan fingerprint density at radius 3 is 2.31 bits per heavy atom. The standard InChI is InChI=1S/C11H14I2/c1-4-11(2,3)9-6-5-8(12)7-10(9)13/h5-7H,4H2,1-3H3. The smallest absolute Gasteiger partial charge is 0.0178 e. The van der Waals surface area contributed by atoms with Crippen LogP contribution in [0.1, 0.15) is 32.8 Å². The van der Waals surface area contributed by atoms with Gasteiger partial charge in [-0.3, -0.25) is 0 Å². The molecule has 0 saturated carbocycles. The minimum atomic E-state index is 0.306. The van der Waals surface area contributed by atoms with Gasteiger partial charge in [0.05, 0.1) is 0 Å². The summed E-state index contributed by atoms with van der Waals surface area (Å²) in [5.74, 6) is 0. The van der Waals surface area contributed by atoms with E-state index in [0.29, 0.717) is 5.41 Å². The Hall–Kier alpha value is 0.680. The van der Waals surface area contributed by atoms with E-state index in [1.807, 2.05) is 0 Å². The lowest BCUT2D eigenvalue weighted by Gasteiger charge is -2.24. The van der Waals surface area contributed by atoms with Crippen molar-refractivity contribution in [3.63, 3.8) is 0 Å². The molecule has 0 fully saturated rings. The number of rotatable bonds is 2. The molecule has 0 aliphatic carbocycles. The summed E-state index contributed by atoms with van der Waals surface area (Å²) in [5, 5.41) is 0. The zero-order valence-corrected chi connectivity index (χ0v) is 12.5. The van der Waals surface area contributed by atoms with Gasteiger partial charge in [-0.15, -0.1) is 0 Å².